The first-order valence-electron chi connectivity index (χ1n) is 8.14. The van der Waals surface area contributed by atoms with E-state index in [9.17, 15) is 4.79 Å². The molecule has 1 N–H and O–H groups in total. The van der Waals surface area contributed by atoms with Crippen LogP contribution in [0.2, 0.25) is 0 Å². The van der Waals surface area contributed by atoms with E-state index in [4.69, 9.17) is 0 Å². The summed E-state index contributed by atoms with van der Waals surface area (Å²) >= 11 is 0. The van der Waals surface area contributed by atoms with E-state index in [0.717, 1.165) is 19.3 Å². The zero-order valence-corrected chi connectivity index (χ0v) is 13.9. The lowest BCUT2D eigenvalue weighted by atomic mass is 10.0. The van der Waals surface area contributed by atoms with E-state index in [0.29, 0.717) is 6.04 Å². The van der Waals surface area contributed by atoms with Crippen LogP contribution < -0.4 is 5.32 Å². The van der Waals surface area contributed by atoms with Gasteiger partial charge in [-0.15, -0.1) is 0 Å². The van der Waals surface area contributed by atoms with Gasteiger partial charge in [-0.3, -0.25) is 10.1 Å². The first kappa shape index (κ1) is 16.0. The highest BCUT2D eigenvalue weighted by atomic mass is 16.2. The van der Waals surface area contributed by atoms with E-state index in [1.54, 1.807) is 0 Å². The molecule has 1 fully saturated rings. The van der Waals surface area contributed by atoms with Gasteiger partial charge < -0.3 is 4.90 Å². The summed E-state index contributed by atoms with van der Waals surface area (Å²) in [6, 6.07) is 6.73. The standard InChI is InChI=1S/C18H28N2O/c1-6-8-15(7-2)20-17(19-14(5)18(20)21)16-10-9-12(3)11-13(16)4/h9-11,14-15,17,19H,6-8H2,1-5H3. The van der Waals surface area contributed by atoms with Crippen molar-refractivity contribution in [1.29, 1.82) is 0 Å². The monoisotopic (exact) mass is 288 g/mol. The molecule has 1 heterocycles. The van der Waals surface area contributed by atoms with Gasteiger partial charge in [-0.05, 0) is 44.7 Å². The van der Waals surface area contributed by atoms with Gasteiger partial charge in [0.2, 0.25) is 5.91 Å². The smallest absolute Gasteiger partial charge is 0.241 e. The van der Waals surface area contributed by atoms with Gasteiger partial charge in [0.25, 0.3) is 0 Å². The zero-order chi connectivity index (χ0) is 15.6. The summed E-state index contributed by atoms with van der Waals surface area (Å²) in [5.41, 5.74) is 3.75. The summed E-state index contributed by atoms with van der Waals surface area (Å²) in [5, 5.41) is 3.48. The lowest BCUT2D eigenvalue weighted by Gasteiger charge is -2.33. The fourth-order valence-corrected chi connectivity index (χ4v) is 3.38. The van der Waals surface area contributed by atoms with Crippen molar-refractivity contribution in [2.45, 2.75) is 72.1 Å². The van der Waals surface area contributed by atoms with Crippen molar-refractivity contribution in [3.05, 3.63) is 34.9 Å². The third-order valence-corrected chi connectivity index (χ3v) is 4.52. The first-order chi connectivity index (χ1) is 9.99. The number of nitrogens with zero attached hydrogens (tertiary/aromatic N) is 1. The van der Waals surface area contributed by atoms with Crippen molar-refractivity contribution < 1.29 is 4.79 Å². The van der Waals surface area contributed by atoms with E-state index in [-0.39, 0.29) is 18.1 Å². The normalized spacial score (nSPS) is 23.7. The highest BCUT2D eigenvalue weighted by Crippen LogP contribution is 2.32. The number of hydrogen-bond donors (Lipinski definition) is 1. The average Bonchev–Trinajstić information content (AvgIpc) is 2.72. The predicted molar refractivity (Wildman–Crippen MR) is 87.1 cm³/mol. The van der Waals surface area contributed by atoms with Crippen LogP contribution in [0, 0.1) is 13.8 Å². The Balaban J connectivity index is 2.37. The van der Waals surface area contributed by atoms with E-state index >= 15 is 0 Å². The van der Waals surface area contributed by atoms with Crippen LogP contribution in [-0.4, -0.2) is 22.9 Å². The Kier molecular flexibility index (Phi) is 5.04. The molecule has 0 radical (unpaired) electrons. The van der Waals surface area contributed by atoms with Crippen LogP contribution in [0.1, 0.15) is 62.9 Å². The second-order valence-corrected chi connectivity index (χ2v) is 6.25. The third-order valence-electron chi connectivity index (χ3n) is 4.52. The number of hydrogen-bond acceptors (Lipinski definition) is 2. The van der Waals surface area contributed by atoms with Crippen LogP contribution in [0.15, 0.2) is 18.2 Å². The van der Waals surface area contributed by atoms with Crippen molar-refractivity contribution in [1.82, 2.24) is 10.2 Å². The molecule has 1 aromatic carbocycles. The zero-order valence-electron chi connectivity index (χ0n) is 13.9. The predicted octanol–water partition coefficient (Wildman–Crippen LogP) is 3.70. The van der Waals surface area contributed by atoms with E-state index in [1.807, 2.05) is 6.92 Å². The van der Waals surface area contributed by atoms with E-state index in [1.165, 1.54) is 16.7 Å². The van der Waals surface area contributed by atoms with Gasteiger partial charge >= 0.3 is 0 Å². The molecule has 3 nitrogen and oxygen atoms in total. The van der Waals surface area contributed by atoms with Crippen LogP contribution in [0.5, 0.6) is 0 Å². The summed E-state index contributed by atoms with van der Waals surface area (Å²) in [6.45, 7) is 10.6. The highest BCUT2D eigenvalue weighted by Gasteiger charge is 2.40. The Labute approximate surface area is 128 Å². The molecular weight excluding hydrogens is 260 g/mol. The summed E-state index contributed by atoms with van der Waals surface area (Å²) in [4.78, 5) is 14.7. The largest absolute Gasteiger partial charge is 0.319 e. The quantitative estimate of drug-likeness (QED) is 0.896. The first-order valence-corrected chi connectivity index (χ1v) is 8.14. The van der Waals surface area contributed by atoms with Crippen LogP contribution in [0.3, 0.4) is 0 Å². The van der Waals surface area contributed by atoms with Crippen molar-refractivity contribution in [2.24, 2.45) is 0 Å². The molecule has 2 rings (SSSR count). The number of carbonyl (C=O) groups is 1. The van der Waals surface area contributed by atoms with Crippen molar-refractivity contribution >= 4 is 5.91 Å². The lowest BCUT2D eigenvalue weighted by Crippen LogP contribution is -2.40. The van der Waals surface area contributed by atoms with Gasteiger partial charge in [-0.1, -0.05) is 44.0 Å². The molecular formula is C18H28N2O. The number of benzene rings is 1. The Morgan fingerprint density at radius 3 is 2.57 bits per heavy atom. The van der Waals surface area contributed by atoms with Gasteiger partial charge in [0.05, 0.1) is 6.04 Å². The molecule has 0 spiro atoms. The van der Waals surface area contributed by atoms with Gasteiger partial charge in [0, 0.05) is 6.04 Å². The molecule has 3 atom stereocenters. The Bertz CT molecular complexity index is 512. The molecule has 0 saturated carbocycles. The molecule has 0 aliphatic carbocycles. The van der Waals surface area contributed by atoms with Gasteiger partial charge in [0.1, 0.15) is 6.17 Å². The van der Waals surface area contributed by atoms with Crippen LogP contribution in [0.4, 0.5) is 0 Å². The molecule has 1 aromatic rings. The van der Waals surface area contributed by atoms with Gasteiger partial charge in [-0.2, -0.15) is 0 Å². The lowest BCUT2D eigenvalue weighted by molar-refractivity contribution is -0.132. The third kappa shape index (κ3) is 3.13. The van der Waals surface area contributed by atoms with Crippen LogP contribution in [-0.2, 0) is 4.79 Å². The van der Waals surface area contributed by atoms with Crippen LogP contribution in [0.25, 0.3) is 0 Å². The number of amides is 1. The summed E-state index contributed by atoms with van der Waals surface area (Å²) < 4.78 is 0. The summed E-state index contributed by atoms with van der Waals surface area (Å²) in [6.07, 6.45) is 3.20. The molecule has 3 heteroatoms. The number of carbonyl (C=O) groups excluding carboxylic acids is 1. The van der Waals surface area contributed by atoms with Crippen LogP contribution >= 0.6 is 0 Å². The number of nitrogens with one attached hydrogen (secondary N) is 1. The number of aryl methyl sites for hydroxylation is 2. The highest BCUT2D eigenvalue weighted by molar-refractivity contribution is 5.84. The molecule has 21 heavy (non-hydrogen) atoms. The van der Waals surface area contributed by atoms with Gasteiger partial charge in [0.15, 0.2) is 0 Å². The van der Waals surface area contributed by atoms with Crippen molar-refractivity contribution in [3.8, 4) is 0 Å². The fraction of sp³-hybridized carbons (Fsp3) is 0.611. The Hall–Kier alpha value is -1.35. The maximum absolute atomic E-state index is 12.6. The topological polar surface area (TPSA) is 32.3 Å². The molecule has 1 aliphatic rings. The minimum Gasteiger partial charge on any atom is -0.319 e. The summed E-state index contributed by atoms with van der Waals surface area (Å²) in [7, 11) is 0. The van der Waals surface area contributed by atoms with Crippen molar-refractivity contribution in [2.75, 3.05) is 0 Å². The molecule has 1 saturated heterocycles. The minimum atomic E-state index is -0.0957. The number of rotatable bonds is 5. The fourth-order valence-electron chi connectivity index (χ4n) is 3.38. The molecule has 3 unspecified atom stereocenters. The van der Waals surface area contributed by atoms with Crippen molar-refractivity contribution in [3.63, 3.8) is 0 Å². The maximum Gasteiger partial charge on any atom is 0.241 e. The molecule has 116 valence electrons. The second kappa shape index (κ2) is 6.61. The summed E-state index contributed by atoms with van der Waals surface area (Å²) in [5.74, 6) is 0.236. The Morgan fingerprint density at radius 1 is 1.29 bits per heavy atom. The second-order valence-electron chi connectivity index (χ2n) is 6.25. The molecule has 0 bridgehead atoms. The van der Waals surface area contributed by atoms with E-state index < -0.39 is 0 Å². The SMILES string of the molecule is CCCC(CC)N1C(=O)C(C)NC1c1ccc(C)cc1C. The molecule has 1 aliphatic heterocycles. The van der Waals surface area contributed by atoms with E-state index in [2.05, 4.69) is 56.1 Å². The maximum atomic E-state index is 12.6. The Morgan fingerprint density at radius 2 is 2.00 bits per heavy atom. The molecule has 1 amide bonds. The average molecular weight is 288 g/mol. The molecule has 0 aromatic heterocycles. The van der Waals surface area contributed by atoms with Gasteiger partial charge in [-0.25, -0.2) is 0 Å². The minimum absolute atomic E-state index is 0.0181.